The number of alkyl halides is 1. The van der Waals surface area contributed by atoms with E-state index in [0.717, 1.165) is 42.3 Å². The maximum Gasteiger partial charge on any atom is 0.102 e. The molecular formula is C15H21FN4. The van der Waals surface area contributed by atoms with E-state index < -0.39 is 0 Å². The fraction of sp³-hybridized carbons (Fsp3) is 0.533. The van der Waals surface area contributed by atoms with Crippen LogP contribution in [0.5, 0.6) is 0 Å². The summed E-state index contributed by atoms with van der Waals surface area (Å²) in [6, 6.07) is 7.28. The lowest BCUT2D eigenvalue weighted by Crippen LogP contribution is -2.37. The zero-order valence-corrected chi connectivity index (χ0v) is 11.5. The molecule has 20 heavy (non-hydrogen) atoms. The fourth-order valence-electron chi connectivity index (χ4n) is 2.97. The van der Waals surface area contributed by atoms with E-state index in [2.05, 4.69) is 39.0 Å². The number of hydrogen-bond donors (Lipinski definition) is 3. The Morgan fingerprint density at radius 1 is 1.20 bits per heavy atom. The smallest absolute Gasteiger partial charge is 0.102 e. The molecule has 1 heterocycles. The second kappa shape index (κ2) is 6.22. The molecule has 0 aliphatic heterocycles. The maximum absolute atomic E-state index is 12.1. The largest absolute Gasteiger partial charge is 0.382 e. The van der Waals surface area contributed by atoms with E-state index in [1.165, 1.54) is 0 Å². The quantitative estimate of drug-likeness (QED) is 0.787. The van der Waals surface area contributed by atoms with Gasteiger partial charge in [0, 0.05) is 29.7 Å². The number of aromatic amines is 1. The first-order chi connectivity index (χ1) is 9.85. The molecule has 108 valence electrons. The minimum Gasteiger partial charge on any atom is -0.382 e. The summed E-state index contributed by atoms with van der Waals surface area (Å²) < 4.78 is 12.1. The summed E-state index contributed by atoms with van der Waals surface area (Å²) in [7, 11) is 0. The Hall–Kier alpha value is -1.62. The molecule has 0 bridgehead atoms. The Kier molecular flexibility index (Phi) is 4.16. The van der Waals surface area contributed by atoms with Gasteiger partial charge in [-0.05, 0) is 43.9 Å². The normalized spacial score (nSPS) is 23.1. The number of halogens is 1. The Labute approximate surface area is 118 Å². The van der Waals surface area contributed by atoms with Crippen molar-refractivity contribution in [2.24, 2.45) is 0 Å². The molecule has 1 aliphatic rings. The number of nitrogens with zero attached hydrogens (tertiary/aromatic N) is 1. The third kappa shape index (κ3) is 3.10. The highest BCUT2D eigenvalue weighted by atomic mass is 19.1. The van der Waals surface area contributed by atoms with Gasteiger partial charge in [0.1, 0.15) is 6.67 Å². The van der Waals surface area contributed by atoms with E-state index in [-0.39, 0.29) is 6.67 Å². The van der Waals surface area contributed by atoms with Crippen LogP contribution in [-0.4, -0.2) is 35.5 Å². The number of anilines is 1. The van der Waals surface area contributed by atoms with Gasteiger partial charge in [-0.2, -0.15) is 5.10 Å². The van der Waals surface area contributed by atoms with Crippen LogP contribution < -0.4 is 10.6 Å². The number of benzene rings is 1. The van der Waals surface area contributed by atoms with Crippen molar-refractivity contribution in [3.05, 3.63) is 24.4 Å². The Balaban J connectivity index is 1.53. The van der Waals surface area contributed by atoms with Crippen LogP contribution in [0.4, 0.5) is 10.1 Å². The van der Waals surface area contributed by atoms with Crippen LogP contribution in [0.2, 0.25) is 0 Å². The number of H-pyrrole nitrogens is 1. The van der Waals surface area contributed by atoms with Gasteiger partial charge in [0.15, 0.2) is 0 Å². The van der Waals surface area contributed by atoms with E-state index in [0.29, 0.717) is 18.6 Å². The Morgan fingerprint density at radius 2 is 2.00 bits per heavy atom. The summed E-state index contributed by atoms with van der Waals surface area (Å²) >= 11 is 0. The average Bonchev–Trinajstić information content (AvgIpc) is 2.94. The number of aromatic nitrogens is 2. The molecule has 1 aromatic carbocycles. The molecule has 0 radical (unpaired) electrons. The molecule has 5 heteroatoms. The van der Waals surface area contributed by atoms with Crippen LogP contribution in [0.25, 0.3) is 10.9 Å². The van der Waals surface area contributed by atoms with E-state index in [1.54, 1.807) is 0 Å². The van der Waals surface area contributed by atoms with Gasteiger partial charge in [0.2, 0.25) is 0 Å². The monoisotopic (exact) mass is 276 g/mol. The fourth-order valence-corrected chi connectivity index (χ4v) is 2.97. The van der Waals surface area contributed by atoms with Crippen LogP contribution in [0.15, 0.2) is 24.4 Å². The van der Waals surface area contributed by atoms with Gasteiger partial charge < -0.3 is 10.6 Å². The molecule has 2 aromatic rings. The van der Waals surface area contributed by atoms with Crippen molar-refractivity contribution in [1.29, 1.82) is 0 Å². The zero-order valence-electron chi connectivity index (χ0n) is 11.5. The Bertz CT molecular complexity index is 546. The molecule has 0 atom stereocenters. The second-order valence-electron chi connectivity index (χ2n) is 5.51. The lowest BCUT2D eigenvalue weighted by atomic mass is 9.91. The van der Waals surface area contributed by atoms with Crippen LogP contribution >= 0.6 is 0 Å². The molecule has 0 saturated heterocycles. The molecule has 1 fully saturated rings. The minimum atomic E-state index is -0.275. The van der Waals surface area contributed by atoms with Crippen molar-refractivity contribution in [3.8, 4) is 0 Å². The molecule has 1 aromatic heterocycles. The number of rotatable bonds is 5. The van der Waals surface area contributed by atoms with Crippen molar-refractivity contribution in [1.82, 2.24) is 15.5 Å². The van der Waals surface area contributed by atoms with E-state index >= 15 is 0 Å². The molecule has 0 amide bonds. The average molecular weight is 276 g/mol. The van der Waals surface area contributed by atoms with Crippen LogP contribution in [0.1, 0.15) is 25.7 Å². The maximum atomic E-state index is 12.1. The van der Waals surface area contributed by atoms with Crippen molar-refractivity contribution in [2.75, 3.05) is 18.5 Å². The van der Waals surface area contributed by atoms with Crippen molar-refractivity contribution < 1.29 is 4.39 Å². The van der Waals surface area contributed by atoms with E-state index in [9.17, 15) is 4.39 Å². The summed E-state index contributed by atoms with van der Waals surface area (Å²) in [6.07, 6.45) is 6.34. The summed E-state index contributed by atoms with van der Waals surface area (Å²) in [6.45, 7) is 0.211. The Morgan fingerprint density at radius 3 is 2.80 bits per heavy atom. The third-order valence-corrected chi connectivity index (χ3v) is 4.07. The molecule has 0 spiro atoms. The second-order valence-corrected chi connectivity index (χ2v) is 5.51. The number of nitrogens with one attached hydrogen (secondary N) is 3. The first-order valence-corrected chi connectivity index (χ1v) is 7.34. The van der Waals surface area contributed by atoms with E-state index in [1.807, 2.05) is 6.20 Å². The topological polar surface area (TPSA) is 52.7 Å². The van der Waals surface area contributed by atoms with Gasteiger partial charge in [-0.25, -0.2) is 4.39 Å². The zero-order chi connectivity index (χ0) is 13.8. The summed E-state index contributed by atoms with van der Waals surface area (Å²) in [5.41, 5.74) is 2.22. The first-order valence-electron chi connectivity index (χ1n) is 7.34. The molecule has 0 unspecified atom stereocenters. The van der Waals surface area contributed by atoms with Crippen LogP contribution in [0, 0.1) is 0 Å². The number of fused-ring (bicyclic) bond motifs is 1. The van der Waals surface area contributed by atoms with Crippen molar-refractivity contribution in [3.63, 3.8) is 0 Å². The van der Waals surface area contributed by atoms with Gasteiger partial charge in [-0.1, -0.05) is 0 Å². The minimum absolute atomic E-state index is 0.275. The van der Waals surface area contributed by atoms with Gasteiger partial charge in [0.25, 0.3) is 0 Å². The highest BCUT2D eigenvalue weighted by Gasteiger charge is 2.20. The third-order valence-electron chi connectivity index (χ3n) is 4.07. The van der Waals surface area contributed by atoms with Crippen molar-refractivity contribution >= 4 is 16.6 Å². The first kappa shape index (κ1) is 13.4. The highest BCUT2D eigenvalue weighted by molar-refractivity contribution is 5.81. The molecule has 4 nitrogen and oxygen atoms in total. The van der Waals surface area contributed by atoms with Crippen LogP contribution in [-0.2, 0) is 0 Å². The lowest BCUT2D eigenvalue weighted by Gasteiger charge is -2.30. The SMILES string of the molecule is FCCN[C@H]1CC[C@@H](Nc2ccc3[nH]ncc3c2)CC1. The lowest BCUT2D eigenvalue weighted by molar-refractivity contribution is 0.339. The van der Waals surface area contributed by atoms with Gasteiger partial charge >= 0.3 is 0 Å². The van der Waals surface area contributed by atoms with Gasteiger partial charge in [0.05, 0.1) is 11.7 Å². The summed E-state index contributed by atoms with van der Waals surface area (Å²) in [5, 5.41) is 15.0. The molecule has 3 N–H and O–H groups in total. The van der Waals surface area contributed by atoms with Gasteiger partial charge in [-0.15, -0.1) is 0 Å². The molecular weight excluding hydrogens is 255 g/mol. The van der Waals surface area contributed by atoms with E-state index in [4.69, 9.17) is 0 Å². The molecule has 1 saturated carbocycles. The molecule has 1 aliphatic carbocycles. The predicted octanol–water partition coefficient (Wildman–Crippen LogP) is 2.85. The summed E-state index contributed by atoms with van der Waals surface area (Å²) in [5.74, 6) is 0. The standard InChI is InChI=1S/C15H21FN4/c16-7-8-17-12-1-3-13(4-2-12)19-14-5-6-15-11(9-14)10-18-20-15/h5-6,9-10,12-13,17,19H,1-4,7-8H2,(H,18,20)/t12-,13+. The predicted molar refractivity (Wildman–Crippen MR) is 79.7 cm³/mol. The van der Waals surface area contributed by atoms with Crippen molar-refractivity contribution in [2.45, 2.75) is 37.8 Å². The number of hydrogen-bond acceptors (Lipinski definition) is 3. The van der Waals surface area contributed by atoms with Gasteiger partial charge in [-0.3, -0.25) is 5.10 Å². The summed E-state index contributed by atoms with van der Waals surface area (Å²) in [4.78, 5) is 0. The molecule has 3 rings (SSSR count). The highest BCUT2D eigenvalue weighted by Crippen LogP contribution is 2.24. The van der Waals surface area contributed by atoms with Crippen LogP contribution in [0.3, 0.4) is 0 Å².